The molecule has 202 valence electrons. The van der Waals surface area contributed by atoms with Crippen LogP contribution in [-0.2, 0) is 17.8 Å². The van der Waals surface area contributed by atoms with E-state index in [-0.39, 0.29) is 18.0 Å². The number of hydrogen-bond acceptors (Lipinski definition) is 6. The van der Waals surface area contributed by atoms with Crippen molar-refractivity contribution in [2.75, 3.05) is 38.7 Å². The highest BCUT2D eigenvalue weighted by molar-refractivity contribution is 7.09. The number of nitrogens with one attached hydrogen (secondary N) is 2. The van der Waals surface area contributed by atoms with Gasteiger partial charge in [0.2, 0.25) is 0 Å². The first-order valence-electron chi connectivity index (χ1n) is 13.1. The number of hydrogen-bond donors (Lipinski definition) is 2. The van der Waals surface area contributed by atoms with Crippen molar-refractivity contribution >= 4 is 29.0 Å². The average Bonchev–Trinajstić information content (AvgIpc) is 3.39. The fraction of sp³-hybridized carbons (Fsp3) is 0.414. The second-order valence-electron chi connectivity index (χ2n) is 9.75. The Morgan fingerprint density at radius 2 is 1.79 bits per heavy atom. The summed E-state index contributed by atoms with van der Waals surface area (Å²) in [6, 6.07) is 16.3. The van der Waals surface area contributed by atoms with E-state index in [1.807, 2.05) is 38.1 Å². The second kappa shape index (κ2) is 13.5. The minimum Gasteiger partial charge on any atom is -0.383 e. The quantitative estimate of drug-likeness (QED) is 0.388. The Hall–Kier alpha value is -3.27. The minimum atomic E-state index is -0.220. The molecule has 1 fully saturated rings. The van der Waals surface area contributed by atoms with Crippen molar-refractivity contribution in [3.63, 3.8) is 0 Å². The van der Waals surface area contributed by atoms with Crippen molar-refractivity contribution in [2.45, 2.75) is 45.8 Å². The minimum absolute atomic E-state index is 0.140. The lowest BCUT2D eigenvalue weighted by molar-refractivity contribution is 0.0904. The summed E-state index contributed by atoms with van der Waals surface area (Å²) in [5, 5.41) is 8.67. The largest absolute Gasteiger partial charge is 0.383 e. The Labute approximate surface area is 229 Å². The van der Waals surface area contributed by atoms with Crippen LogP contribution in [0.3, 0.4) is 0 Å². The summed E-state index contributed by atoms with van der Waals surface area (Å²) in [7, 11) is 1.61. The fourth-order valence-corrected chi connectivity index (χ4v) is 5.43. The van der Waals surface area contributed by atoms with Crippen molar-refractivity contribution in [2.24, 2.45) is 0 Å². The van der Waals surface area contributed by atoms with Crippen molar-refractivity contribution in [1.29, 1.82) is 0 Å². The smallest absolute Gasteiger partial charge is 0.322 e. The molecule has 8 nitrogen and oxygen atoms in total. The Kier molecular flexibility index (Phi) is 9.86. The van der Waals surface area contributed by atoms with Gasteiger partial charge in [-0.25, -0.2) is 9.78 Å². The predicted octanol–water partition coefficient (Wildman–Crippen LogP) is 4.83. The number of methoxy groups -OCH3 is 1. The molecule has 2 N–H and O–H groups in total. The first-order chi connectivity index (χ1) is 18.4. The zero-order chi connectivity index (χ0) is 26.9. The number of piperidine rings is 1. The lowest BCUT2D eigenvalue weighted by Gasteiger charge is -2.32. The first-order valence-corrected chi connectivity index (χ1v) is 13.9. The molecule has 9 heteroatoms. The average molecular weight is 536 g/mol. The molecule has 1 saturated heterocycles. The number of amides is 3. The van der Waals surface area contributed by atoms with E-state index in [9.17, 15) is 9.59 Å². The van der Waals surface area contributed by atoms with Gasteiger partial charge in [-0.1, -0.05) is 48.5 Å². The predicted molar refractivity (Wildman–Crippen MR) is 152 cm³/mol. The van der Waals surface area contributed by atoms with Crippen LogP contribution in [0.25, 0.3) is 0 Å². The number of anilines is 1. The molecule has 0 bridgehead atoms. The highest BCUT2D eigenvalue weighted by Gasteiger charge is 2.23. The number of nitrogens with zero attached hydrogens (tertiary/aromatic N) is 3. The van der Waals surface area contributed by atoms with Crippen LogP contribution >= 0.6 is 11.3 Å². The van der Waals surface area contributed by atoms with E-state index < -0.39 is 0 Å². The number of aromatic nitrogens is 1. The normalized spacial score (nSPS) is 14.3. The van der Waals surface area contributed by atoms with E-state index in [1.165, 1.54) is 16.9 Å². The molecule has 2 aromatic carbocycles. The fourth-order valence-electron chi connectivity index (χ4n) is 4.64. The van der Waals surface area contributed by atoms with E-state index in [0.29, 0.717) is 30.4 Å². The molecule has 1 aliphatic heterocycles. The van der Waals surface area contributed by atoms with Gasteiger partial charge in [0.05, 0.1) is 13.2 Å². The van der Waals surface area contributed by atoms with Crippen LogP contribution in [0.15, 0.2) is 53.9 Å². The Bertz CT molecular complexity index is 1190. The van der Waals surface area contributed by atoms with Gasteiger partial charge in [0, 0.05) is 50.4 Å². The molecule has 0 saturated carbocycles. The maximum Gasteiger partial charge on any atom is 0.322 e. The summed E-state index contributed by atoms with van der Waals surface area (Å²) < 4.78 is 5.22. The second-order valence-corrected chi connectivity index (χ2v) is 10.7. The number of aryl methyl sites for hydroxylation is 2. The highest BCUT2D eigenvalue weighted by Crippen LogP contribution is 2.21. The van der Waals surface area contributed by atoms with Crippen LogP contribution in [0.1, 0.15) is 45.0 Å². The van der Waals surface area contributed by atoms with Gasteiger partial charge in [-0.05, 0) is 43.4 Å². The van der Waals surface area contributed by atoms with Gasteiger partial charge in [0.25, 0.3) is 5.91 Å². The molecular weight excluding hydrogens is 498 g/mol. The molecule has 0 spiro atoms. The van der Waals surface area contributed by atoms with Crippen molar-refractivity contribution < 1.29 is 14.3 Å². The molecule has 38 heavy (non-hydrogen) atoms. The number of thiazole rings is 1. The van der Waals surface area contributed by atoms with Crippen LogP contribution in [0.5, 0.6) is 0 Å². The summed E-state index contributed by atoms with van der Waals surface area (Å²) in [6.45, 7) is 7.90. The number of carbonyl (C=O) groups is 2. The topological polar surface area (TPSA) is 86.8 Å². The third-order valence-electron chi connectivity index (χ3n) is 6.85. The van der Waals surface area contributed by atoms with Gasteiger partial charge in [-0.2, -0.15) is 0 Å². The number of benzene rings is 2. The third kappa shape index (κ3) is 7.63. The molecule has 0 radical (unpaired) electrons. The summed E-state index contributed by atoms with van der Waals surface area (Å²) in [5.41, 5.74) is 4.54. The van der Waals surface area contributed by atoms with Gasteiger partial charge in [-0.3, -0.25) is 9.69 Å². The molecule has 3 aromatic rings. The van der Waals surface area contributed by atoms with Crippen LogP contribution in [0.4, 0.5) is 10.5 Å². The van der Waals surface area contributed by atoms with Gasteiger partial charge in [0.1, 0.15) is 10.7 Å². The van der Waals surface area contributed by atoms with Gasteiger partial charge < -0.3 is 20.3 Å². The zero-order valence-electron chi connectivity index (χ0n) is 22.4. The lowest BCUT2D eigenvalue weighted by Crippen LogP contribution is -2.44. The maximum absolute atomic E-state index is 13.1. The molecule has 0 atom stereocenters. The summed E-state index contributed by atoms with van der Waals surface area (Å²) in [4.78, 5) is 34.7. The van der Waals surface area contributed by atoms with Crippen molar-refractivity contribution in [3.05, 3.63) is 81.3 Å². The maximum atomic E-state index is 13.1. The standard InChI is InChI=1S/C29H37N5O3S/c1-21-8-7-9-22(2)27(21)32-29(36)34(16-17-37-3)19-26-31-25(20-38-26)28(35)30-24-12-14-33(15-13-24)18-23-10-5-4-6-11-23/h4-11,20,24H,12-19H2,1-3H3,(H,30,35)(H,32,36). The number of likely N-dealkylation sites (tertiary alicyclic amines) is 1. The van der Waals surface area contributed by atoms with Crippen LogP contribution in [-0.4, -0.2) is 66.1 Å². The van der Waals surface area contributed by atoms with Crippen LogP contribution in [0, 0.1) is 13.8 Å². The summed E-state index contributed by atoms with van der Waals surface area (Å²) >= 11 is 1.39. The lowest BCUT2D eigenvalue weighted by atomic mass is 10.0. The van der Waals surface area contributed by atoms with Crippen molar-refractivity contribution in [1.82, 2.24) is 20.1 Å². The molecule has 0 aliphatic carbocycles. The third-order valence-corrected chi connectivity index (χ3v) is 7.68. The molecular formula is C29H37N5O3S. The summed E-state index contributed by atoms with van der Waals surface area (Å²) in [6.07, 6.45) is 1.83. The number of urea groups is 1. The molecule has 1 aliphatic rings. The van der Waals surface area contributed by atoms with E-state index >= 15 is 0 Å². The number of ether oxygens (including phenoxy) is 1. The SMILES string of the molecule is COCCN(Cc1nc(C(=O)NC2CCN(Cc3ccccc3)CC2)cs1)C(=O)Nc1c(C)cccc1C. The highest BCUT2D eigenvalue weighted by atomic mass is 32.1. The van der Waals surface area contributed by atoms with Gasteiger partial charge in [-0.15, -0.1) is 11.3 Å². The van der Waals surface area contributed by atoms with Gasteiger partial charge >= 0.3 is 6.03 Å². The first kappa shape index (κ1) is 27.8. The van der Waals surface area contributed by atoms with E-state index in [1.54, 1.807) is 17.4 Å². The number of para-hydroxylation sites is 1. The Morgan fingerprint density at radius 3 is 2.47 bits per heavy atom. The Balaban J connectivity index is 1.30. The molecule has 0 unspecified atom stereocenters. The Morgan fingerprint density at radius 1 is 1.08 bits per heavy atom. The molecule has 1 aromatic heterocycles. The number of rotatable bonds is 10. The molecule has 3 amide bonds. The summed E-state index contributed by atoms with van der Waals surface area (Å²) in [5.74, 6) is -0.155. The van der Waals surface area contributed by atoms with Gasteiger partial charge in [0.15, 0.2) is 0 Å². The van der Waals surface area contributed by atoms with Crippen LogP contribution in [0.2, 0.25) is 0 Å². The van der Waals surface area contributed by atoms with E-state index in [4.69, 9.17) is 4.74 Å². The van der Waals surface area contributed by atoms with E-state index in [0.717, 1.165) is 49.3 Å². The molecule has 4 rings (SSSR count). The van der Waals surface area contributed by atoms with Crippen LogP contribution < -0.4 is 10.6 Å². The molecule has 2 heterocycles. The monoisotopic (exact) mass is 535 g/mol. The van der Waals surface area contributed by atoms with E-state index in [2.05, 4.69) is 44.8 Å². The van der Waals surface area contributed by atoms with Crippen molar-refractivity contribution in [3.8, 4) is 0 Å². The number of carbonyl (C=O) groups excluding carboxylic acids is 2. The zero-order valence-corrected chi connectivity index (χ0v) is 23.2.